The third-order valence-electron chi connectivity index (χ3n) is 1.82. The minimum Gasteiger partial charge on any atom is -0.480 e. The van der Waals surface area contributed by atoms with Gasteiger partial charge in [0.25, 0.3) is 0 Å². The Hall–Kier alpha value is -1.26. The number of nitrogens with zero attached hydrogens (tertiary/aromatic N) is 1. The van der Waals surface area contributed by atoms with Gasteiger partial charge in [-0.3, -0.25) is 0 Å². The Kier molecular flexibility index (Phi) is 5.20. The summed E-state index contributed by atoms with van der Waals surface area (Å²) >= 11 is 1.54. The maximum atomic E-state index is 12.2. The third-order valence-corrected chi connectivity index (χ3v) is 2.60. The van der Waals surface area contributed by atoms with Crippen molar-refractivity contribution in [2.45, 2.75) is 13.3 Å². The number of carbonyl (C=O) groups excluding carboxylic acids is 1. The lowest BCUT2D eigenvalue weighted by Gasteiger charge is -2.13. The van der Waals surface area contributed by atoms with E-state index in [0.29, 0.717) is 0 Å². The van der Waals surface area contributed by atoms with Crippen LogP contribution in [0.25, 0.3) is 0 Å². The van der Waals surface area contributed by atoms with Crippen molar-refractivity contribution in [3.05, 3.63) is 15.3 Å². The Morgan fingerprint density at radius 1 is 1.47 bits per heavy atom. The van der Waals surface area contributed by atoms with Gasteiger partial charge in [-0.1, -0.05) is 0 Å². The van der Waals surface area contributed by atoms with Gasteiger partial charge in [0, 0.05) is 6.07 Å². The number of carbonyl (C=O) groups is 1. The fourth-order valence-corrected chi connectivity index (χ4v) is 1.65. The highest BCUT2D eigenvalue weighted by Gasteiger charge is 2.33. The van der Waals surface area contributed by atoms with Crippen molar-refractivity contribution < 1.29 is 32.2 Å². The van der Waals surface area contributed by atoms with Crippen molar-refractivity contribution in [2.75, 3.05) is 13.7 Å². The maximum absolute atomic E-state index is 12.2. The highest BCUT2D eigenvalue weighted by Crippen LogP contribution is 2.31. The first-order valence-electron chi connectivity index (χ1n) is 4.96. The molecular formula is C10H9F3INO4. The Labute approximate surface area is 120 Å². The number of methoxy groups -OCH3 is 1. The number of esters is 1. The van der Waals surface area contributed by atoms with Gasteiger partial charge in [0.1, 0.15) is 9.26 Å². The molecule has 0 aliphatic carbocycles. The van der Waals surface area contributed by atoms with Crippen LogP contribution in [0.3, 0.4) is 0 Å². The molecule has 0 saturated carbocycles. The molecule has 1 aromatic rings. The van der Waals surface area contributed by atoms with E-state index in [1.165, 1.54) is 7.11 Å². The molecule has 0 radical (unpaired) electrons. The summed E-state index contributed by atoms with van der Waals surface area (Å²) in [5.74, 6) is -1.55. The second-order valence-electron chi connectivity index (χ2n) is 3.10. The Balaban J connectivity index is 3.21. The second-order valence-corrected chi connectivity index (χ2v) is 4.12. The molecule has 0 unspecified atom stereocenters. The van der Waals surface area contributed by atoms with Crippen molar-refractivity contribution in [1.82, 2.24) is 4.98 Å². The summed E-state index contributed by atoms with van der Waals surface area (Å²) < 4.78 is 49.8. The van der Waals surface area contributed by atoms with Crippen LogP contribution < -0.4 is 9.47 Å². The summed E-state index contributed by atoms with van der Waals surface area (Å²) in [4.78, 5) is 15.3. The lowest BCUT2D eigenvalue weighted by Crippen LogP contribution is -2.19. The molecule has 1 rings (SSSR count). The van der Waals surface area contributed by atoms with Gasteiger partial charge in [-0.25, -0.2) is 9.78 Å². The molecule has 1 aromatic heterocycles. The monoisotopic (exact) mass is 391 g/mol. The topological polar surface area (TPSA) is 57.7 Å². The molecule has 0 bridgehead atoms. The summed E-state index contributed by atoms with van der Waals surface area (Å²) in [5, 5.41) is 0. The maximum Gasteiger partial charge on any atom is 0.573 e. The van der Waals surface area contributed by atoms with E-state index in [4.69, 9.17) is 9.47 Å². The van der Waals surface area contributed by atoms with Crippen LogP contribution in [0.15, 0.2) is 6.07 Å². The number of ether oxygens (including phenoxy) is 3. The zero-order valence-electron chi connectivity index (χ0n) is 9.88. The van der Waals surface area contributed by atoms with Crippen molar-refractivity contribution >= 4 is 28.6 Å². The first-order valence-corrected chi connectivity index (χ1v) is 6.03. The predicted octanol–water partition coefficient (Wildman–Crippen LogP) is 2.77. The summed E-state index contributed by atoms with van der Waals surface area (Å²) in [6.45, 7) is 1.64. The molecule has 0 fully saturated rings. The first-order chi connectivity index (χ1) is 8.78. The summed E-state index contributed by atoms with van der Waals surface area (Å²) in [7, 11) is 1.24. The van der Waals surface area contributed by atoms with Gasteiger partial charge in [0.15, 0.2) is 5.75 Å². The highest BCUT2D eigenvalue weighted by molar-refractivity contribution is 14.1. The van der Waals surface area contributed by atoms with Gasteiger partial charge >= 0.3 is 12.3 Å². The van der Waals surface area contributed by atoms with E-state index in [1.807, 2.05) is 0 Å². The molecule has 19 heavy (non-hydrogen) atoms. The second kappa shape index (κ2) is 6.26. The molecule has 0 spiro atoms. The van der Waals surface area contributed by atoms with E-state index in [9.17, 15) is 18.0 Å². The first kappa shape index (κ1) is 15.8. The molecule has 106 valence electrons. The number of alkyl halides is 3. The largest absolute Gasteiger partial charge is 0.573 e. The standard InChI is InChI=1S/C10H9F3INO4/c1-3-18-9(16)5-4-6(19-10(11,12)13)7(14)15-8(5)17-2/h4H,3H2,1-2H3. The normalized spacial score (nSPS) is 11.1. The number of rotatable bonds is 4. The van der Waals surface area contributed by atoms with E-state index in [1.54, 1.807) is 29.5 Å². The molecule has 0 aliphatic rings. The van der Waals surface area contributed by atoms with Crippen LogP contribution in [0.4, 0.5) is 13.2 Å². The molecule has 0 saturated heterocycles. The lowest BCUT2D eigenvalue weighted by molar-refractivity contribution is -0.275. The Bertz CT molecular complexity index is 479. The molecule has 5 nitrogen and oxygen atoms in total. The smallest absolute Gasteiger partial charge is 0.480 e. The minimum absolute atomic E-state index is 0.0729. The molecule has 0 amide bonds. The van der Waals surface area contributed by atoms with E-state index in [-0.39, 0.29) is 21.8 Å². The van der Waals surface area contributed by atoms with Crippen LogP contribution in [0, 0.1) is 3.70 Å². The number of aromatic nitrogens is 1. The molecule has 1 heterocycles. The van der Waals surface area contributed by atoms with Crippen LogP contribution in [-0.4, -0.2) is 31.0 Å². The van der Waals surface area contributed by atoms with Crippen LogP contribution in [0.5, 0.6) is 11.6 Å². The molecule has 0 aromatic carbocycles. The quantitative estimate of drug-likeness (QED) is 0.449. The average molecular weight is 391 g/mol. The van der Waals surface area contributed by atoms with Crippen molar-refractivity contribution in [1.29, 1.82) is 0 Å². The SMILES string of the molecule is CCOC(=O)c1cc(OC(F)(F)F)c(I)nc1OC. The molecule has 0 aliphatic heterocycles. The minimum atomic E-state index is -4.87. The van der Waals surface area contributed by atoms with Gasteiger partial charge in [-0.2, -0.15) is 0 Å². The van der Waals surface area contributed by atoms with E-state index >= 15 is 0 Å². The van der Waals surface area contributed by atoms with E-state index in [2.05, 4.69) is 9.72 Å². The molecule has 0 N–H and O–H groups in total. The number of halogens is 4. The highest BCUT2D eigenvalue weighted by atomic mass is 127. The molecular weight excluding hydrogens is 382 g/mol. The summed E-state index contributed by atoms with van der Waals surface area (Å²) in [5.41, 5.74) is -0.232. The van der Waals surface area contributed by atoms with E-state index in [0.717, 1.165) is 6.07 Å². The average Bonchev–Trinajstić information content (AvgIpc) is 2.29. The van der Waals surface area contributed by atoms with Crippen molar-refractivity contribution in [3.63, 3.8) is 0 Å². The van der Waals surface area contributed by atoms with Gasteiger partial charge in [0.2, 0.25) is 5.88 Å². The predicted molar refractivity (Wildman–Crippen MR) is 66.1 cm³/mol. The number of hydrogen-bond donors (Lipinski definition) is 0. The fourth-order valence-electron chi connectivity index (χ4n) is 1.16. The van der Waals surface area contributed by atoms with E-state index < -0.39 is 18.1 Å². The number of pyridine rings is 1. The Morgan fingerprint density at radius 2 is 2.11 bits per heavy atom. The fraction of sp³-hybridized carbons (Fsp3) is 0.400. The van der Waals surface area contributed by atoms with Crippen molar-refractivity contribution in [3.8, 4) is 11.6 Å². The molecule has 0 atom stereocenters. The van der Waals surface area contributed by atoms with Crippen LogP contribution in [-0.2, 0) is 4.74 Å². The van der Waals surface area contributed by atoms with Crippen LogP contribution in [0.2, 0.25) is 0 Å². The summed E-state index contributed by atoms with van der Waals surface area (Å²) in [6, 6.07) is 0.888. The van der Waals surface area contributed by atoms with Gasteiger partial charge < -0.3 is 14.2 Å². The van der Waals surface area contributed by atoms with Gasteiger partial charge in [0.05, 0.1) is 13.7 Å². The molecule has 9 heteroatoms. The van der Waals surface area contributed by atoms with Crippen molar-refractivity contribution in [2.24, 2.45) is 0 Å². The van der Waals surface area contributed by atoms with Gasteiger partial charge in [-0.05, 0) is 29.5 Å². The van der Waals surface area contributed by atoms with Gasteiger partial charge in [-0.15, -0.1) is 13.2 Å². The van der Waals surface area contributed by atoms with Crippen LogP contribution in [0.1, 0.15) is 17.3 Å². The summed E-state index contributed by atoms with van der Waals surface area (Å²) in [6.07, 6.45) is -4.87. The zero-order valence-corrected chi connectivity index (χ0v) is 12.0. The zero-order chi connectivity index (χ0) is 14.6. The third kappa shape index (κ3) is 4.40. The lowest BCUT2D eigenvalue weighted by atomic mass is 10.2. The number of hydrogen-bond acceptors (Lipinski definition) is 5. The Morgan fingerprint density at radius 3 is 2.58 bits per heavy atom. The van der Waals surface area contributed by atoms with Crippen LogP contribution >= 0.6 is 22.6 Å².